The third-order valence-corrected chi connectivity index (χ3v) is 16.1. The van der Waals surface area contributed by atoms with Crippen LogP contribution in [0.4, 0.5) is 51.2 Å². The Morgan fingerprint density at radius 3 is 1.55 bits per heavy atom. The Morgan fingerprint density at radius 2 is 0.918 bits per heavy atom. The lowest BCUT2D eigenvalue weighted by Gasteiger charge is -2.46. The van der Waals surface area contributed by atoms with E-state index in [-0.39, 0.29) is 28.4 Å². The summed E-state index contributed by atoms with van der Waals surface area (Å²) in [4.78, 5) is 7.67. The van der Waals surface area contributed by atoms with E-state index < -0.39 is 0 Å². The minimum atomic E-state index is -0.173. The average molecular weight is 948 g/mol. The molecule has 0 unspecified atom stereocenters. The van der Waals surface area contributed by atoms with Crippen LogP contribution in [-0.4, -0.2) is 6.71 Å². The number of anilines is 9. The highest BCUT2D eigenvalue weighted by Gasteiger charge is 2.46. The molecule has 0 aromatic heterocycles. The second kappa shape index (κ2) is 16.8. The number of rotatable bonds is 6. The smallest absolute Gasteiger partial charge is 0.252 e. The molecule has 3 aliphatic rings. The van der Waals surface area contributed by atoms with E-state index in [0.717, 1.165) is 22.7 Å². The Hall–Kier alpha value is -7.56. The minimum absolute atomic E-state index is 0.0366. The molecule has 360 valence electrons. The Labute approximate surface area is 434 Å². The Balaban J connectivity index is 1.20. The van der Waals surface area contributed by atoms with E-state index >= 15 is 0 Å². The number of fused-ring (bicyclic) bond motifs is 7. The molecule has 9 aromatic carbocycles. The first kappa shape index (κ1) is 46.5. The number of benzene rings is 9. The molecule has 73 heavy (non-hydrogen) atoms. The van der Waals surface area contributed by atoms with Crippen LogP contribution in [-0.2, 0) is 21.7 Å². The van der Waals surface area contributed by atoms with Crippen LogP contribution in [0.5, 0.6) is 0 Å². The van der Waals surface area contributed by atoms with Gasteiger partial charge in [-0.25, -0.2) is 0 Å². The number of para-hydroxylation sites is 2. The van der Waals surface area contributed by atoms with Crippen LogP contribution in [0.2, 0.25) is 0 Å². The first-order valence-corrected chi connectivity index (χ1v) is 26.3. The van der Waals surface area contributed by atoms with Gasteiger partial charge in [0.25, 0.3) is 6.71 Å². The van der Waals surface area contributed by atoms with Crippen molar-refractivity contribution >= 4 is 74.3 Å². The molecule has 12 rings (SSSR count). The number of nitrogens with zero attached hydrogens (tertiary/aromatic N) is 3. The van der Waals surface area contributed by atoms with Crippen LogP contribution in [0.15, 0.2) is 200 Å². The molecule has 4 heteroatoms. The number of hydrogen-bond donors (Lipinski definition) is 0. The Kier molecular flexibility index (Phi) is 10.7. The molecular formula is C69H66BN3. The van der Waals surface area contributed by atoms with Crippen LogP contribution in [0.25, 0.3) is 22.3 Å². The van der Waals surface area contributed by atoms with Crippen LogP contribution in [0.3, 0.4) is 0 Å². The lowest BCUT2D eigenvalue weighted by molar-refractivity contribution is 0.590. The van der Waals surface area contributed by atoms with Gasteiger partial charge in [-0.05, 0) is 156 Å². The second-order valence-electron chi connectivity index (χ2n) is 24.3. The molecule has 1 aliphatic carbocycles. The summed E-state index contributed by atoms with van der Waals surface area (Å²) >= 11 is 0. The maximum absolute atomic E-state index is 2.63. The molecular weight excluding hydrogens is 882 g/mol. The molecule has 0 spiro atoms. The van der Waals surface area contributed by atoms with Crippen LogP contribution in [0, 0.1) is 0 Å². The largest absolute Gasteiger partial charge is 0.311 e. The summed E-state index contributed by atoms with van der Waals surface area (Å²) in [5.74, 6) is 0. The third-order valence-electron chi connectivity index (χ3n) is 16.1. The predicted molar refractivity (Wildman–Crippen MR) is 314 cm³/mol. The summed E-state index contributed by atoms with van der Waals surface area (Å²) in [6.07, 6.45) is 0. The highest BCUT2D eigenvalue weighted by atomic mass is 15.2. The third kappa shape index (κ3) is 7.63. The second-order valence-corrected chi connectivity index (χ2v) is 24.3. The van der Waals surface area contributed by atoms with Gasteiger partial charge in [0.05, 0.1) is 5.69 Å². The van der Waals surface area contributed by atoms with Crippen molar-refractivity contribution in [1.29, 1.82) is 0 Å². The van der Waals surface area contributed by atoms with Crippen molar-refractivity contribution in [2.45, 2.75) is 97.8 Å². The van der Waals surface area contributed by atoms with E-state index in [1.165, 1.54) is 94.9 Å². The van der Waals surface area contributed by atoms with Gasteiger partial charge in [-0.15, -0.1) is 0 Å². The molecule has 0 N–H and O–H groups in total. The van der Waals surface area contributed by atoms with E-state index in [1.54, 1.807) is 0 Å². The Morgan fingerprint density at radius 1 is 0.370 bits per heavy atom. The maximum atomic E-state index is 2.63. The molecule has 0 saturated heterocycles. The Bertz CT molecular complexity index is 3570. The summed E-state index contributed by atoms with van der Waals surface area (Å²) in [6.45, 7) is 25.8. The molecule has 2 aliphatic heterocycles. The molecule has 0 saturated carbocycles. The zero-order valence-electron chi connectivity index (χ0n) is 44.5. The van der Waals surface area contributed by atoms with E-state index in [2.05, 4.69) is 291 Å². The van der Waals surface area contributed by atoms with Gasteiger partial charge in [0.15, 0.2) is 0 Å². The first-order valence-electron chi connectivity index (χ1n) is 26.3. The summed E-state index contributed by atoms with van der Waals surface area (Å²) in [5.41, 5.74) is 25.8. The standard InChI is InChI=1S/C69H66BN3/c1-66(2,3)46-31-37-60(54(39-46)45-23-15-12-16-24-45)73-61-38-32-47(67(4,5)6)40-59(61)70-58-36-34-52(71(49-25-17-13-18-26-49)50-27-19-14-20-28-50)44-62(58)72(63-41-48(68(7,8)9)42-64(73)65(63)70)51-33-35-57-55(43-51)53-29-21-22-30-56(53)69(57,10)11/h12-44H,1-11H3. The maximum Gasteiger partial charge on any atom is 0.252 e. The van der Waals surface area contributed by atoms with E-state index in [9.17, 15) is 0 Å². The van der Waals surface area contributed by atoms with Crippen molar-refractivity contribution < 1.29 is 0 Å². The molecule has 0 amide bonds. The highest BCUT2D eigenvalue weighted by molar-refractivity contribution is 7.00. The van der Waals surface area contributed by atoms with Crippen molar-refractivity contribution in [1.82, 2.24) is 0 Å². The zero-order valence-corrected chi connectivity index (χ0v) is 44.5. The molecule has 9 aromatic rings. The van der Waals surface area contributed by atoms with Gasteiger partial charge in [-0.1, -0.05) is 197 Å². The van der Waals surface area contributed by atoms with Gasteiger partial charge in [-0.3, -0.25) is 0 Å². The predicted octanol–water partition coefficient (Wildman–Crippen LogP) is 17.1. The van der Waals surface area contributed by atoms with E-state index in [0.29, 0.717) is 0 Å². The van der Waals surface area contributed by atoms with Gasteiger partial charge < -0.3 is 14.7 Å². The van der Waals surface area contributed by atoms with Gasteiger partial charge in [0.2, 0.25) is 0 Å². The lowest BCUT2D eigenvalue weighted by atomic mass is 9.33. The van der Waals surface area contributed by atoms with Crippen molar-refractivity contribution in [3.63, 3.8) is 0 Å². The monoisotopic (exact) mass is 948 g/mol. The summed E-state index contributed by atoms with van der Waals surface area (Å²) < 4.78 is 0. The molecule has 0 bridgehead atoms. The summed E-state index contributed by atoms with van der Waals surface area (Å²) in [7, 11) is 0. The normalized spacial score (nSPS) is 14.3. The topological polar surface area (TPSA) is 9.72 Å². The molecule has 3 nitrogen and oxygen atoms in total. The van der Waals surface area contributed by atoms with Crippen LogP contribution >= 0.6 is 0 Å². The number of hydrogen-bond acceptors (Lipinski definition) is 3. The van der Waals surface area contributed by atoms with Crippen molar-refractivity contribution in [3.05, 3.63) is 228 Å². The van der Waals surface area contributed by atoms with Crippen LogP contribution in [0.1, 0.15) is 104 Å². The van der Waals surface area contributed by atoms with Gasteiger partial charge in [0, 0.05) is 56.5 Å². The van der Waals surface area contributed by atoms with Gasteiger partial charge in [-0.2, -0.15) is 0 Å². The summed E-state index contributed by atoms with van der Waals surface area (Å²) in [6, 6.07) is 76.0. The fourth-order valence-electron chi connectivity index (χ4n) is 12.1. The molecule has 0 radical (unpaired) electrons. The fraction of sp³-hybridized carbons (Fsp3) is 0.217. The average Bonchev–Trinajstić information content (AvgIpc) is 3.60. The van der Waals surface area contributed by atoms with Gasteiger partial charge >= 0.3 is 0 Å². The minimum Gasteiger partial charge on any atom is -0.311 e. The fourth-order valence-corrected chi connectivity index (χ4v) is 12.1. The van der Waals surface area contributed by atoms with Crippen molar-refractivity contribution in [2.75, 3.05) is 14.7 Å². The van der Waals surface area contributed by atoms with E-state index in [1.807, 2.05) is 0 Å². The highest BCUT2D eigenvalue weighted by Crippen LogP contribution is 2.53. The summed E-state index contributed by atoms with van der Waals surface area (Å²) in [5, 5.41) is 0. The SMILES string of the molecule is CC(C)(C)c1ccc2c(c1)B1c3ccc(N(c4ccccc4)c4ccccc4)cc3N(c3ccc4c(c3)-c3ccccc3C4(C)C)c3cc(C(C)(C)C)cc(c31)N2c1ccc(C(C)(C)C)cc1-c1ccccc1. The first-order chi connectivity index (χ1) is 34.9. The molecule has 0 atom stereocenters. The van der Waals surface area contributed by atoms with Crippen molar-refractivity contribution in [3.8, 4) is 22.3 Å². The molecule has 2 heterocycles. The lowest BCUT2D eigenvalue weighted by Crippen LogP contribution is -2.61. The zero-order chi connectivity index (χ0) is 50.8. The van der Waals surface area contributed by atoms with Crippen molar-refractivity contribution in [2.24, 2.45) is 0 Å². The van der Waals surface area contributed by atoms with Crippen LogP contribution < -0.4 is 31.1 Å². The quantitative estimate of drug-likeness (QED) is 0.154. The molecule has 0 fully saturated rings. The van der Waals surface area contributed by atoms with Gasteiger partial charge in [0.1, 0.15) is 0 Å². The van der Waals surface area contributed by atoms with E-state index in [4.69, 9.17) is 0 Å².